The van der Waals surface area contributed by atoms with Gasteiger partial charge in [0.25, 0.3) is 5.91 Å². The molecule has 2 aromatic rings. The SMILES string of the molecule is CCc1cccc(NC)c1C(=O)Nc1ccc(C(C)C)cc1. The molecule has 0 heterocycles. The average Bonchev–Trinajstić information content (AvgIpc) is 2.54. The van der Waals surface area contributed by atoms with E-state index in [-0.39, 0.29) is 5.91 Å². The molecule has 0 aliphatic carbocycles. The summed E-state index contributed by atoms with van der Waals surface area (Å²) in [5.74, 6) is 0.417. The Morgan fingerprint density at radius 3 is 2.32 bits per heavy atom. The topological polar surface area (TPSA) is 41.1 Å². The molecule has 1 amide bonds. The van der Waals surface area contributed by atoms with Crippen molar-refractivity contribution in [3.05, 3.63) is 59.2 Å². The number of carbonyl (C=O) groups excluding carboxylic acids is 1. The molecule has 116 valence electrons. The van der Waals surface area contributed by atoms with Gasteiger partial charge in [-0.05, 0) is 41.7 Å². The zero-order valence-electron chi connectivity index (χ0n) is 13.7. The van der Waals surface area contributed by atoms with E-state index in [1.54, 1.807) is 0 Å². The van der Waals surface area contributed by atoms with Crippen molar-refractivity contribution in [1.29, 1.82) is 0 Å². The van der Waals surface area contributed by atoms with E-state index >= 15 is 0 Å². The van der Waals surface area contributed by atoms with Crippen LogP contribution in [0.25, 0.3) is 0 Å². The van der Waals surface area contributed by atoms with Gasteiger partial charge in [0.15, 0.2) is 0 Å². The summed E-state index contributed by atoms with van der Waals surface area (Å²) in [7, 11) is 1.84. The summed E-state index contributed by atoms with van der Waals surface area (Å²) in [6, 6.07) is 13.9. The Morgan fingerprint density at radius 2 is 1.77 bits per heavy atom. The van der Waals surface area contributed by atoms with E-state index in [1.165, 1.54) is 5.56 Å². The molecule has 0 saturated carbocycles. The fourth-order valence-electron chi connectivity index (χ4n) is 2.52. The fourth-order valence-corrected chi connectivity index (χ4v) is 2.52. The molecule has 0 unspecified atom stereocenters. The van der Waals surface area contributed by atoms with Crippen LogP contribution < -0.4 is 10.6 Å². The molecule has 0 atom stereocenters. The Kier molecular flexibility index (Phi) is 5.21. The highest BCUT2D eigenvalue weighted by Crippen LogP contribution is 2.23. The van der Waals surface area contributed by atoms with Crippen LogP contribution in [-0.2, 0) is 6.42 Å². The number of benzene rings is 2. The molecule has 2 N–H and O–H groups in total. The average molecular weight is 296 g/mol. The second-order valence-electron chi connectivity index (χ2n) is 5.67. The van der Waals surface area contributed by atoms with Gasteiger partial charge >= 0.3 is 0 Å². The van der Waals surface area contributed by atoms with E-state index in [0.29, 0.717) is 5.92 Å². The van der Waals surface area contributed by atoms with Gasteiger partial charge in [-0.1, -0.05) is 45.0 Å². The van der Waals surface area contributed by atoms with Crippen molar-refractivity contribution in [2.24, 2.45) is 0 Å². The molecule has 0 radical (unpaired) electrons. The van der Waals surface area contributed by atoms with Crippen LogP contribution in [-0.4, -0.2) is 13.0 Å². The zero-order valence-corrected chi connectivity index (χ0v) is 13.7. The van der Waals surface area contributed by atoms with Crippen molar-refractivity contribution >= 4 is 17.3 Å². The number of hydrogen-bond donors (Lipinski definition) is 2. The lowest BCUT2D eigenvalue weighted by molar-refractivity contribution is 0.102. The van der Waals surface area contributed by atoms with Crippen LogP contribution in [0.1, 0.15) is 48.2 Å². The third-order valence-corrected chi connectivity index (χ3v) is 3.86. The predicted molar refractivity (Wildman–Crippen MR) is 93.9 cm³/mol. The number of anilines is 2. The standard InChI is InChI=1S/C19H24N2O/c1-5-14-7-6-8-17(20-4)18(14)19(22)21-16-11-9-15(10-12-16)13(2)3/h6-13,20H,5H2,1-4H3,(H,21,22). The Balaban J connectivity index is 2.25. The molecule has 3 nitrogen and oxygen atoms in total. The van der Waals surface area contributed by atoms with Crippen LogP contribution in [0.4, 0.5) is 11.4 Å². The van der Waals surface area contributed by atoms with Crippen LogP contribution in [0, 0.1) is 0 Å². The lowest BCUT2D eigenvalue weighted by atomic mass is 10.0. The zero-order chi connectivity index (χ0) is 16.1. The summed E-state index contributed by atoms with van der Waals surface area (Å²) < 4.78 is 0. The van der Waals surface area contributed by atoms with E-state index in [0.717, 1.165) is 28.9 Å². The smallest absolute Gasteiger partial charge is 0.258 e. The summed E-state index contributed by atoms with van der Waals surface area (Å²) >= 11 is 0. The van der Waals surface area contributed by atoms with Gasteiger partial charge in [0, 0.05) is 18.4 Å². The van der Waals surface area contributed by atoms with Crippen LogP contribution in [0.15, 0.2) is 42.5 Å². The molecule has 0 aliphatic rings. The largest absolute Gasteiger partial charge is 0.387 e. The second-order valence-corrected chi connectivity index (χ2v) is 5.67. The third-order valence-electron chi connectivity index (χ3n) is 3.86. The third kappa shape index (κ3) is 3.48. The molecule has 3 heteroatoms. The molecule has 2 rings (SSSR count). The molecule has 0 aliphatic heterocycles. The molecule has 2 aromatic carbocycles. The molecule has 0 saturated heterocycles. The molecule has 0 fully saturated rings. The van der Waals surface area contributed by atoms with E-state index in [9.17, 15) is 4.79 Å². The highest BCUT2D eigenvalue weighted by Gasteiger charge is 2.15. The van der Waals surface area contributed by atoms with Crippen LogP contribution in [0.5, 0.6) is 0 Å². The van der Waals surface area contributed by atoms with Crippen molar-refractivity contribution in [1.82, 2.24) is 0 Å². The van der Waals surface area contributed by atoms with E-state index in [1.807, 2.05) is 37.4 Å². The highest BCUT2D eigenvalue weighted by molar-refractivity contribution is 6.09. The van der Waals surface area contributed by atoms with Gasteiger partial charge in [-0.2, -0.15) is 0 Å². The fraction of sp³-hybridized carbons (Fsp3) is 0.316. The number of rotatable bonds is 5. The maximum atomic E-state index is 12.6. The lowest BCUT2D eigenvalue weighted by Crippen LogP contribution is -2.16. The first-order valence-corrected chi connectivity index (χ1v) is 7.77. The number of aryl methyl sites for hydroxylation is 1. The van der Waals surface area contributed by atoms with E-state index in [4.69, 9.17) is 0 Å². The monoisotopic (exact) mass is 296 g/mol. The van der Waals surface area contributed by atoms with Crippen LogP contribution in [0.3, 0.4) is 0 Å². The number of amides is 1. The van der Waals surface area contributed by atoms with Crippen molar-refractivity contribution in [2.45, 2.75) is 33.1 Å². The molecular weight excluding hydrogens is 272 g/mol. The lowest BCUT2D eigenvalue weighted by Gasteiger charge is -2.14. The van der Waals surface area contributed by atoms with Gasteiger partial charge < -0.3 is 10.6 Å². The Hall–Kier alpha value is -2.29. The van der Waals surface area contributed by atoms with E-state index < -0.39 is 0 Å². The normalized spacial score (nSPS) is 10.6. The van der Waals surface area contributed by atoms with Crippen molar-refractivity contribution < 1.29 is 4.79 Å². The van der Waals surface area contributed by atoms with Gasteiger partial charge in [-0.15, -0.1) is 0 Å². The minimum atomic E-state index is -0.0703. The summed E-state index contributed by atoms with van der Waals surface area (Å²) in [6.45, 7) is 6.37. The molecule has 22 heavy (non-hydrogen) atoms. The Morgan fingerprint density at radius 1 is 1.09 bits per heavy atom. The maximum absolute atomic E-state index is 12.6. The molecule has 0 bridgehead atoms. The van der Waals surface area contributed by atoms with Crippen molar-refractivity contribution in [3.63, 3.8) is 0 Å². The first-order valence-electron chi connectivity index (χ1n) is 7.77. The van der Waals surface area contributed by atoms with Gasteiger partial charge in [0.2, 0.25) is 0 Å². The maximum Gasteiger partial charge on any atom is 0.258 e. The second kappa shape index (κ2) is 7.12. The summed E-state index contributed by atoms with van der Waals surface area (Å²) in [5.41, 5.74) is 4.71. The van der Waals surface area contributed by atoms with Crippen LogP contribution >= 0.6 is 0 Å². The van der Waals surface area contributed by atoms with Gasteiger partial charge in [-0.3, -0.25) is 4.79 Å². The quantitative estimate of drug-likeness (QED) is 0.842. The van der Waals surface area contributed by atoms with Gasteiger partial charge in [-0.25, -0.2) is 0 Å². The van der Waals surface area contributed by atoms with Crippen molar-refractivity contribution in [3.8, 4) is 0 Å². The summed E-state index contributed by atoms with van der Waals surface area (Å²) in [4.78, 5) is 12.6. The predicted octanol–water partition coefficient (Wildman–Crippen LogP) is 4.67. The Bertz CT molecular complexity index is 623. The summed E-state index contributed by atoms with van der Waals surface area (Å²) in [5, 5.41) is 6.10. The van der Waals surface area contributed by atoms with Crippen molar-refractivity contribution in [2.75, 3.05) is 17.7 Å². The minimum Gasteiger partial charge on any atom is -0.387 e. The molecule has 0 spiro atoms. The van der Waals surface area contributed by atoms with E-state index in [2.05, 4.69) is 43.5 Å². The van der Waals surface area contributed by atoms with Gasteiger partial charge in [0.1, 0.15) is 0 Å². The first-order chi connectivity index (χ1) is 10.6. The Labute approximate surface area is 132 Å². The first kappa shape index (κ1) is 16.1. The number of hydrogen-bond acceptors (Lipinski definition) is 2. The summed E-state index contributed by atoms with van der Waals surface area (Å²) in [6.07, 6.45) is 0.824. The minimum absolute atomic E-state index is 0.0703. The molecular formula is C19H24N2O. The number of nitrogens with one attached hydrogen (secondary N) is 2. The number of carbonyl (C=O) groups is 1. The molecule has 0 aromatic heterocycles. The van der Waals surface area contributed by atoms with Gasteiger partial charge in [0.05, 0.1) is 5.56 Å². The highest BCUT2D eigenvalue weighted by atomic mass is 16.1. The van der Waals surface area contributed by atoms with Crippen LogP contribution in [0.2, 0.25) is 0 Å².